The molecule has 21 nitrogen and oxygen atoms in total. The van der Waals surface area contributed by atoms with Crippen LogP contribution in [-0.4, -0.2) is 216 Å². The van der Waals surface area contributed by atoms with E-state index in [2.05, 4.69) is 6.92 Å². The molecule has 4 saturated heterocycles. The Kier molecular flexibility index (Phi) is 18.7. The van der Waals surface area contributed by atoms with Crippen molar-refractivity contribution >= 4 is 12.0 Å². The van der Waals surface area contributed by atoms with Crippen LogP contribution >= 0.6 is 0 Å². The predicted molar refractivity (Wildman–Crippen MR) is 279 cm³/mol. The molecule has 7 fully saturated rings. The van der Waals surface area contributed by atoms with Crippen molar-refractivity contribution in [1.82, 2.24) is 0 Å². The molecule has 4 aliphatic heterocycles. The van der Waals surface area contributed by atoms with E-state index in [1.54, 1.807) is 41.3 Å². The number of carbonyl (C=O) groups excluding carboxylic acids is 1. The lowest BCUT2D eigenvalue weighted by molar-refractivity contribution is -0.358. The first-order chi connectivity index (χ1) is 37.5. The monoisotopic (exact) mass is 1120 g/mol. The molecular formula is C58H88O21. The van der Waals surface area contributed by atoms with E-state index in [9.17, 15) is 40.5 Å². The Morgan fingerprint density at radius 3 is 1.81 bits per heavy atom. The van der Waals surface area contributed by atoms with Crippen molar-refractivity contribution in [2.24, 2.45) is 16.7 Å². The van der Waals surface area contributed by atoms with E-state index in [0.29, 0.717) is 32.1 Å². The lowest BCUT2D eigenvalue weighted by Crippen LogP contribution is -2.78. The van der Waals surface area contributed by atoms with E-state index in [0.717, 1.165) is 11.1 Å². The van der Waals surface area contributed by atoms with Gasteiger partial charge in [-0.15, -0.1) is 0 Å². The smallest absolute Gasteiger partial charge is 0.331 e. The van der Waals surface area contributed by atoms with Gasteiger partial charge in [-0.1, -0.05) is 55.8 Å². The zero-order chi connectivity index (χ0) is 57.0. The van der Waals surface area contributed by atoms with Crippen molar-refractivity contribution in [3.05, 3.63) is 53.6 Å². The number of hydrogen-bond acceptors (Lipinski definition) is 21. The van der Waals surface area contributed by atoms with Crippen LogP contribution in [0.2, 0.25) is 0 Å². The fourth-order valence-electron chi connectivity index (χ4n) is 15.2. The van der Waals surface area contributed by atoms with Gasteiger partial charge in [-0.3, -0.25) is 0 Å². The summed E-state index contributed by atoms with van der Waals surface area (Å²) in [6.45, 7) is 10.3. The van der Waals surface area contributed by atoms with Gasteiger partial charge in [-0.05, 0) is 89.7 Å². The summed E-state index contributed by atoms with van der Waals surface area (Å²) in [6, 6.07) is 9.32. The molecule has 0 unspecified atom stereocenters. The first-order valence-electron chi connectivity index (χ1n) is 28.3. The number of carbonyl (C=O) groups is 1. The van der Waals surface area contributed by atoms with Crippen molar-refractivity contribution < 1.29 is 102 Å². The second-order valence-corrected chi connectivity index (χ2v) is 23.9. The summed E-state index contributed by atoms with van der Waals surface area (Å²) in [4.78, 5) is 13.6. The fourth-order valence-corrected chi connectivity index (χ4v) is 15.2. The molecule has 8 aliphatic rings. The fraction of sp³-hybridized carbons (Fsp3) is 0.810. The zero-order valence-electron chi connectivity index (χ0n) is 47.4. The minimum atomic E-state index is -1.92. The van der Waals surface area contributed by atoms with Gasteiger partial charge in [0.15, 0.2) is 25.2 Å². The SMILES string of the molecule is CO[C@H]1[C@@H](O)[C@H](O[C@@H]2[C@@H](C)O[C@@H](O[C@H]3[C@@H](OC)C[C@H](O[C@H]4[C@@H](OC)C[C@H](O[C@H]5CC[C@@]6(C)C(=CC[C@]7(O)[C@@H]6C[C@@H](OC(=O)/C=C/c6ccccc6)[C@@]6(C)[C@]7(O)CC[C@]6(O)[C@H](C)O)C5)O[C@@H]4C)O[C@@H]3C)C[C@H]2OC)O[C@H](CO)[C@H]1O. The van der Waals surface area contributed by atoms with Crippen LogP contribution in [0, 0.1) is 16.7 Å². The van der Waals surface area contributed by atoms with Gasteiger partial charge in [0.05, 0.1) is 60.9 Å². The third-order valence-corrected chi connectivity index (χ3v) is 19.9. The third-order valence-electron chi connectivity index (χ3n) is 19.9. The molecule has 21 heteroatoms. The van der Waals surface area contributed by atoms with Crippen LogP contribution in [0.1, 0.15) is 111 Å². The Bertz CT molecular complexity index is 2270. The van der Waals surface area contributed by atoms with Crippen molar-refractivity contribution in [3.63, 3.8) is 0 Å². The number of rotatable bonds is 17. The number of benzene rings is 1. The van der Waals surface area contributed by atoms with E-state index >= 15 is 0 Å². The van der Waals surface area contributed by atoms with Crippen LogP contribution in [0.5, 0.6) is 0 Å². The lowest BCUT2D eigenvalue weighted by Gasteiger charge is -2.67. The van der Waals surface area contributed by atoms with Gasteiger partial charge in [0.25, 0.3) is 0 Å². The molecule has 446 valence electrons. The summed E-state index contributed by atoms with van der Waals surface area (Å²) >= 11 is 0. The minimum absolute atomic E-state index is 0.000911. The lowest BCUT2D eigenvalue weighted by atomic mass is 9.42. The maximum atomic E-state index is 13.6. The standard InChI is InChI=1S/C58H88O21/c1-30-49(77-45-26-38(68-8)50(31(2)72-45)78-46-27-39(69-9)51(32(3)73-46)79-53-48(63)52(70-10)47(62)40(29-59)75-53)37(67-7)25-44(71-30)74-36-19-20-54(5)35(24-36)18-21-57(65)41(54)28-42(76-43(61)17-16-34-14-12-11-13-15-34)55(6)56(64,33(4)60)22-23-58(55,57)66/h11-18,30-33,36-42,44-53,59-60,62-66H,19-29H2,1-10H3/b17-16+/t30-,31-,32-,33+,36+,37+,38+,39-,40-,41-,42-,44+,45+,46+,47-,48-,49-,50-,51-,52-,53+,54+,55-,56+,57+,58-/m1/s1. The molecule has 79 heavy (non-hydrogen) atoms. The van der Waals surface area contributed by atoms with Crippen molar-refractivity contribution in [2.75, 3.05) is 35.0 Å². The van der Waals surface area contributed by atoms with E-state index in [-0.39, 0.29) is 38.2 Å². The topological polar surface area (TPSA) is 279 Å². The van der Waals surface area contributed by atoms with Crippen molar-refractivity contribution in [1.29, 1.82) is 0 Å². The molecule has 7 N–H and O–H groups in total. The Morgan fingerprint density at radius 2 is 1.28 bits per heavy atom. The Labute approximate surface area is 463 Å². The Balaban J connectivity index is 0.808. The van der Waals surface area contributed by atoms with E-state index in [4.69, 9.17) is 61.6 Å². The zero-order valence-corrected chi connectivity index (χ0v) is 47.4. The maximum Gasteiger partial charge on any atom is 0.331 e. The molecule has 4 heterocycles. The molecule has 0 radical (unpaired) electrons. The molecule has 26 atom stereocenters. The van der Waals surface area contributed by atoms with Gasteiger partial charge in [-0.25, -0.2) is 4.79 Å². The molecule has 1 aromatic rings. The highest BCUT2D eigenvalue weighted by atomic mass is 16.8. The molecular weight excluding hydrogens is 1030 g/mol. The highest BCUT2D eigenvalue weighted by Crippen LogP contribution is 2.71. The molecule has 1 aromatic carbocycles. The second kappa shape index (κ2) is 24.2. The Hall–Kier alpha value is -2.59. The molecule has 9 rings (SSSR count). The number of aliphatic hydroxyl groups is 7. The summed E-state index contributed by atoms with van der Waals surface area (Å²) in [5, 5.41) is 80.7. The summed E-state index contributed by atoms with van der Waals surface area (Å²) in [7, 11) is 6.12. The van der Waals surface area contributed by atoms with Gasteiger partial charge in [0.2, 0.25) is 0 Å². The minimum Gasteiger partial charge on any atom is -0.458 e. The molecule has 0 aromatic heterocycles. The molecule has 0 bridgehead atoms. The predicted octanol–water partition coefficient (Wildman–Crippen LogP) is 2.97. The number of methoxy groups -OCH3 is 4. The van der Waals surface area contributed by atoms with Gasteiger partial charge in [0, 0.05) is 59.7 Å². The number of aliphatic hydroxyl groups excluding tert-OH is 4. The summed E-state index contributed by atoms with van der Waals surface area (Å²) < 4.78 is 80.8. The first kappa shape index (κ1) is 61.0. The number of fused-ring (bicyclic) bond motifs is 5. The highest BCUT2D eigenvalue weighted by Gasteiger charge is 2.81. The number of hydrogen-bond donors (Lipinski definition) is 7. The summed E-state index contributed by atoms with van der Waals surface area (Å²) in [5.74, 6) is -1.22. The van der Waals surface area contributed by atoms with Crippen LogP contribution in [0.25, 0.3) is 6.08 Å². The quantitative estimate of drug-likeness (QED) is 0.0671. The maximum absolute atomic E-state index is 13.6. The average Bonchev–Trinajstić information content (AvgIpc) is 3.91. The van der Waals surface area contributed by atoms with Crippen LogP contribution in [0.4, 0.5) is 0 Å². The normalized spacial score (nSPS) is 48.6. The van der Waals surface area contributed by atoms with Gasteiger partial charge in [-0.2, -0.15) is 0 Å². The van der Waals surface area contributed by atoms with Crippen LogP contribution < -0.4 is 0 Å². The van der Waals surface area contributed by atoms with Crippen LogP contribution in [0.15, 0.2) is 48.1 Å². The van der Waals surface area contributed by atoms with E-state index < -0.39 is 163 Å². The third kappa shape index (κ3) is 11.0. The van der Waals surface area contributed by atoms with Gasteiger partial charge >= 0.3 is 5.97 Å². The van der Waals surface area contributed by atoms with E-state index in [1.807, 2.05) is 50.3 Å². The number of ether oxygens (including phenoxy) is 13. The number of esters is 1. The Morgan fingerprint density at radius 1 is 0.722 bits per heavy atom. The molecule has 0 amide bonds. The van der Waals surface area contributed by atoms with E-state index in [1.165, 1.54) is 20.1 Å². The highest BCUT2D eigenvalue weighted by molar-refractivity contribution is 5.87. The second-order valence-electron chi connectivity index (χ2n) is 23.9. The van der Waals surface area contributed by atoms with Gasteiger partial charge in [0.1, 0.15) is 65.6 Å². The first-order valence-corrected chi connectivity index (χ1v) is 28.3. The summed E-state index contributed by atoms with van der Waals surface area (Å²) in [6.07, 6.45) is -7.53. The van der Waals surface area contributed by atoms with Crippen molar-refractivity contribution in [2.45, 2.75) is 245 Å². The van der Waals surface area contributed by atoms with Gasteiger partial charge < -0.3 is 97.3 Å². The molecule has 3 saturated carbocycles. The average molecular weight is 1120 g/mol. The van der Waals surface area contributed by atoms with Crippen LogP contribution in [-0.2, 0) is 66.4 Å². The largest absolute Gasteiger partial charge is 0.458 e. The van der Waals surface area contributed by atoms with Crippen LogP contribution in [0.3, 0.4) is 0 Å². The van der Waals surface area contributed by atoms with Crippen molar-refractivity contribution in [3.8, 4) is 0 Å². The molecule has 4 aliphatic carbocycles. The summed E-state index contributed by atoms with van der Waals surface area (Å²) in [5.41, 5.74) is -5.88. The molecule has 0 spiro atoms.